The van der Waals surface area contributed by atoms with E-state index >= 15 is 0 Å². The van der Waals surface area contributed by atoms with Gasteiger partial charge in [0.15, 0.2) is 0 Å². The average Bonchev–Trinajstić information content (AvgIpc) is 2.54. The lowest BCUT2D eigenvalue weighted by atomic mass is 10.1. The van der Waals surface area contributed by atoms with Crippen LogP contribution in [0.3, 0.4) is 0 Å². The molecule has 1 aromatic heterocycles. The summed E-state index contributed by atoms with van der Waals surface area (Å²) in [6.45, 7) is 1.72. The maximum Gasteiger partial charge on any atom is 0.269 e. The molecule has 0 saturated carbocycles. The fourth-order valence-corrected chi connectivity index (χ4v) is 2.39. The molecule has 120 valence electrons. The Morgan fingerprint density at radius 2 is 1.88 bits per heavy atom. The van der Waals surface area contributed by atoms with Crippen LogP contribution in [-0.4, -0.2) is 15.8 Å². The zero-order valence-corrected chi connectivity index (χ0v) is 12.6. The van der Waals surface area contributed by atoms with Crippen LogP contribution in [0.1, 0.15) is 16.1 Å². The van der Waals surface area contributed by atoms with Gasteiger partial charge < -0.3 is 5.32 Å². The molecule has 0 spiro atoms. The number of nitrogens with one attached hydrogen (secondary N) is 1. The number of non-ortho nitro benzene ring substituents is 1. The quantitative estimate of drug-likeness (QED) is 0.585. The standard InChI is InChI=1S/C17H12FN3O3/c1-10-8-15(14-7-2-11(18)9-16(14)19-10)17(22)20-12-3-5-13(6-4-12)21(23)24/h2-9H,1H3,(H,20,22). The Hall–Kier alpha value is -3.35. The van der Waals surface area contributed by atoms with Gasteiger partial charge in [-0.05, 0) is 37.3 Å². The largest absolute Gasteiger partial charge is 0.322 e. The molecule has 24 heavy (non-hydrogen) atoms. The number of aryl methyl sites for hydroxylation is 1. The predicted octanol–water partition coefficient (Wildman–Crippen LogP) is 3.84. The molecule has 0 atom stereocenters. The van der Waals surface area contributed by atoms with E-state index in [4.69, 9.17) is 0 Å². The lowest BCUT2D eigenvalue weighted by Crippen LogP contribution is -2.13. The predicted molar refractivity (Wildman–Crippen MR) is 87.5 cm³/mol. The van der Waals surface area contributed by atoms with Gasteiger partial charge in [-0.3, -0.25) is 19.9 Å². The smallest absolute Gasteiger partial charge is 0.269 e. The van der Waals surface area contributed by atoms with Crippen LogP contribution >= 0.6 is 0 Å². The van der Waals surface area contributed by atoms with Gasteiger partial charge in [0.05, 0.1) is 16.0 Å². The number of carbonyl (C=O) groups is 1. The van der Waals surface area contributed by atoms with Gasteiger partial charge in [-0.2, -0.15) is 0 Å². The van der Waals surface area contributed by atoms with Crippen molar-refractivity contribution in [1.29, 1.82) is 0 Å². The number of fused-ring (bicyclic) bond motifs is 1. The Balaban J connectivity index is 1.95. The number of anilines is 1. The molecule has 7 heteroatoms. The minimum absolute atomic E-state index is 0.0614. The van der Waals surface area contributed by atoms with Crippen LogP contribution in [0, 0.1) is 22.9 Å². The number of hydrogen-bond donors (Lipinski definition) is 1. The van der Waals surface area contributed by atoms with E-state index in [2.05, 4.69) is 10.3 Å². The Bertz CT molecular complexity index is 950. The highest BCUT2D eigenvalue weighted by molar-refractivity contribution is 6.12. The first kappa shape index (κ1) is 15.5. The van der Waals surface area contributed by atoms with Gasteiger partial charge in [-0.15, -0.1) is 0 Å². The Kier molecular flexibility index (Phi) is 3.91. The molecule has 0 fully saturated rings. The van der Waals surface area contributed by atoms with E-state index in [1.54, 1.807) is 13.0 Å². The fraction of sp³-hybridized carbons (Fsp3) is 0.0588. The SMILES string of the molecule is Cc1cc(C(=O)Nc2ccc([N+](=O)[O-])cc2)c2ccc(F)cc2n1. The maximum absolute atomic E-state index is 13.4. The summed E-state index contributed by atoms with van der Waals surface area (Å²) < 4.78 is 13.4. The second-order valence-corrected chi connectivity index (χ2v) is 5.23. The van der Waals surface area contributed by atoms with Crippen molar-refractivity contribution in [2.24, 2.45) is 0 Å². The summed E-state index contributed by atoms with van der Waals surface area (Å²) in [5, 5.41) is 13.9. The molecule has 3 rings (SSSR count). The van der Waals surface area contributed by atoms with Crippen molar-refractivity contribution in [1.82, 2.24) is 4.98 Å². The van der Waals surface area contributed by atoms with E-state index < -0.39 is 16.6 Å². The molecule has 2 aromatic carbocycles. The summed E-state index contributed by atoms with van der Waals surface area (Å²) in [5.74, 6) is -0.826. The minimum Gasteiger partial charge on any atom is -0.322 e. The van der Waals surface area contributed by atoms with Gasteiger partial charge in [0.2, 0.25) is 0 Å². The topological polar surface area (TPSA) is 85.1 Å². The van der Waals surface area contributed by atoms with Crippen molar-refractivity contribution < 1.29 is 14.1 Å². The second-order valence-electron chi connectivity index (χ2n) is 5.23. The number of halogens is 1. The molecule has 1 amide bonds. The summed E-state index contributed by atoms with van der Waals surface area (Å²) in [6.07, 6.45) is 0. The van der Waals surface area contributed by atoms with Crippen LogP contribution in [0.25, 0.3) is 10.9 Å². The van der Waals surface area contributed by atoms with E-state index in [1.165, 1.54) is 42.5 Å². The summed E-state index contributed by atoms with van der Waals surface area (Å²) in [6, 6.07) is 11.2. The molecule has 0 saturated heterocycles. The second kappa shape index (κ2) is 6.04. The van der Waals surface area contributed by atoms with Gasteiger partial charge >= 0.3 is 0 Å². The van der Waals surface area contributed by atoms with E-state index in [9.17, 15) is 19.3 Å². The third-order valence-corrected chi connectivity index (χ3v) is 3.48. The van der Waals surface area contributed by atoms with Crippen molar-refractivity contribution in [3.05, 3.63) is 75.7 Å². The molecule has 3 aromatic rings. The van der Waals surface area contributed by atoms with Crippen LogP contribution in [0.4, 0.5) is 15.8 Å². The number of nitro benzene ring substituents is 1. The number of aromatic nitrogens is 1. The summed E-state index contributed by atoms with van der Waals surface area (Å²) >= 11 is 0. The highest BCUT2D eigenvalue weighted by atomic mass is 19.1. The molecule has 1 heterocycles. The number of nitrogens with zero attached hydrogens (tertiary/aromatic N) is 2. The number of benzene rings is 2. The van der Waals surface area contributed by atoms with Gasteiger partial charge in [0, 0.05) is 35.0 Å². The molecule has 0 aliphatic heterocycles. The molecule has 0 radical (unpaired) electrons. The van der Waals surface area contributed by atoms with Crippen molar-refractivity contribution in [2.75, 3.05) is 5.32 Å². The lowest BCUT2D eigenvalue weighted by molar-refractivity contribution is -0.384. The van der Waals surface area contributed by atoms with E-state index in [-0.39, 0.29) is 5.69 Å². The van der Waals surface area contributed by atoms with Crippen LogP contribution in [0.5, 0.6) is 0 Å². The van der Waals surface area contributed by atoms with Gasteiger partial charge in [0.25, 0.3) is 11.6 Å². The maximum atomic E-state index is 13.4. The van der Waals surface area contributed by atoms with E-state index in [0.717, 1.165) is 0 Å². The fourth-order valence-electron chi connectivity index (χ4n) is 2.39. The first-order valence-corrected chi connectivity index (χ1v) is 7.07. The number of pyridine rings is 1. The zero-order valence-electron chi connectivity index (χ0n) is 12.6. The highest BCUT2D eigenvalue weighted by Gasteiger charge is 2.13. The Morgan fingerprint density at radius 3 is 2.54 bits per heavy atom. The number of carbonyl (C=O) groups excluding carboxylic acids is 1. The number of nitro groups is 1. The van der Waals surface area contributed by atoms with Crippen LogP contribution in [0.2, 0.25) is 0 Å². The average molecular weight is 325 g/mol. The molecule has 0 bridgehead atoms. The molecule has 0 unspecified atom stereocenters. The normalized spacial score (nSPS) is 10.6. The van der Waals surface area contributed by atoms with Crippen LogP contribution in [0.15, 0.2) is 48.5 Å². The van der Waals surface area contributed by atoms with Crippen LogP contribution in [-0.2, 0) is 0 Å². The minimum atomic E-state index is -0.514. The summed E-state index contributed by atoms with van der Waals surface area (Å²) in [4.78, 5) is 26.9. The monoisotopic (exact) mass is 325 g/mol. The molecule has 6 nitrogen and oxygen atoms in total. The molecular weight excluding hydrogens is 313 g/mol. The first-order valence-electron chi connectivity index (χ1n) is 7.07. The third kappa shape index (κ3) is 3.05. The van der Waals surface area contributed by atoms with Crippen LogP contribution < -0.4 is 5.32 Å². The molecule has 1 N–H and O–H groups in total. The zero-order chi connectivity index (χ0) is 17.3. The van der Waals surface area contributed by atoms with E-state index in [0.29, 0.717) is 27.8 Å². The molecule has 0 aliphatic rings. The Morgan fingerprint density at radius 1 is 1.17 bits per heavy atom. The number of hydrogen-bond acceptors (Lipinski definition) is 4. The van der Waals surface area contributed by atoms with Crippen molar-refractivity contribution in [3.8, 4) is 0 Å². The van der Waals surface area contributed by atoms with Gasteiger partial charge in [-0.1, -0.05) is 0 Å². The third-order valence-electron chi connectivity index (χ3n) is 3.48. The van der Waals surface area contributed by atoms with E-state index in [1.807, 2.05) is 0 Å². The highest BCUT2D eigenvalue weighted by Crippen LogP contribution is 2.22. The molecular formula is C17H12FN3O3. The van der Waals surface area contributed by atoms with Crippen molar-refractivity contribution in [2.45, 2.75) is 6.92 Å². The number of rotatable bonds is 3. The number of amides is 1. The summed E-state index contributed by atoms with van der Waals surface area (Å²) in [7, 11) is 0. The van der Waals surface area contributed by atoms with Crippen molar-refractivity contribution in [3.63, 3.8) is 0 Å². The first-order chi connectivity index (χ1) is 11.4. The Labute approximate surface area is 136 Å². The van der Waals surface area contributed by atoms with Gasteiger partial charge in [-0.25, -0.2) is 4.39 Å². The summed E-state index contributed by atoms with van der Waals surface area (Å²) in [5.41, 5.74) is 1.70. The lowest BCUT2D eigenvalue weighted by Gasteiger charge is -2.09. The van der Waals surface area contributed by atoms with Gasteiger partial charge in [0.1, 0.15) is 5.82 Å². The molecule has 0 aliphatic carbocycles. The van der Waals surface area contributed by atoms with Crippen molar-refractivity contribution >= 4 is 28.2 Å².